The highest BCUT2D eigenvalue weighted by Gasteiger charge is 2.30. The van der Waals surface area contributed by atoms with Crippen molar-refractivity contribution in [2.24, 2.45) is 7.05 Å². The van der Waals surface area contributed by atoms with E-state index in [0.29, 0.717) is 0 Å². The van der Waals surface area contributed by atoms with Gasteiger partial charge in [-0.15, -0.1) is 0 Å². The Morgan fingerprint density at radius 3 is 2.44 bits per heavy atom. The van der Waals surface area contributed by atoms with Crippen molar-refractivity contribution in [3.05, 3.63) is 83.4 Å². The third-order valence-electron chi connectivity index (χ3n) is 4.70. The quantitative estimate of drug-likeness (QED) is 0.531. The Labute approximate surface area is 181 Å². The Hall–Kier alpha value is -3.40. The van der Waals surface area contributed by atoms with Crippen molar-refractivity contribution < 1.29 is 32.2 Å². The number of aromatic nitrogens is 2. The average molecular weight is 451 g/mol. The van der Waals surface area contributed by atoms with Crippen LogP contribution in [0.2, 0.25) is 0 Å². The summed E-state index contributed by atoms with van der Waals surface area (Å²) < 4.78 is 58.8. The summed E-state index contributed by atoms with van der Waals surface area (Å²) in [4.78, 5) is 14.2. The van der Waals surface area contributed by atoms with Gasteiger partial charge in [0.2, 0.25) is 0 Å². The highest BCUT2D eigenvalue weighted by molar-refractivity contribution is 5.92. The van der Waals surface area contributed by atoms with Crippen molar-refractivity contribution in [2.45, 2.75) is 18.8 Å². The largest absolute Gasteiger partial charge is 0.491 e. The minimum Gasteiger partial charge on any atom is -0.491 e. The monoisotopic (exact) mass is 451 g/mol. The molecule has 1 N–H and O–H groups in total. The van der Waals surface area contributed by atoms with Gasteiger partial charge < -0.3 is 14.7 Å². The van der Waals surface area contributed by atoms with Crippen molar-refractivity contribution in [2.75, 3.05) is 13.2 Å². The molecule has 1 atom stereocenters. The van der Waals surface area contributed by atoms with E-state index in [9.17, 15) is 27.5 Å². The van der Waals surface area contributed by atoms with Gasteiger partial charge in [-0.2, -0.15) is 18.3 Å². The summed E-state index contributed by atoms with van der Waals surface area (Å²) >= 11 is 0. The molecule has 3 rings (SSSR count). The number of nitrogens with zero attached hydrogens (tertiary/aromatic N) is 3. The van der Waals surface area contributed by atoms with E-state index in [2.05, 4.69) is 5.10 Å². The predicted octanol–water partition coefficient (Wildman–Crippen LogP) is 3.66. The molecule has 0 aliphatic heterocycles. The zero-order chi connectivity index (χ0) is 23.3. The van der Waals surface area contributed by atoms with E-state index in [1.165, 1.54) is 40.0 Å². The van der Waals surface area contributed by atoms with Crippen LogP contribution in [0.4, 0.5) is 17.6 Å². The van der Waals surface area contributed by atoms with Gasteiger partial charge in [-0.25, -0.2) is 4.39 Å². The maximum Gasteiger partial charge on any atom is 0.416 e. The van der Waals surface area contributed by atoms with E-state index in [1.54, 1.807) is 13.1 Å². The standard InChI is InChI=1S/C22H21F4N3O3/c1-28-20(10-11-27-28)21(31)29(12-15-4-2-3-5-19(15)23)13-17(30)14-32-18-8-6-16(7-9-18)22(24,25)26/h2-11,17,30H,12-14H2,1H3. The molecular weight excluding hydrogens is 430 g/mol. The molecule has 1 aromatic heterocycles. The summed E-state index contributed by atoms with van der Waals surface area (Å²) in [5.41, 5.74) is -0.306. The van der Waals surface area contributed by atoms with E-state index >= 15 is 0 Å². The molecular formula is C22H21F4N3O3. The van der Waals surface area contributed by atoms with Crippen molar-refractivity contribution in [1.29, 1.82) is 0 Å². The van der Waals surface area contributed by atoms with Crippen LogP contribution in [0, 0.1) is 5.82 Å². The van der Waals surface area contributed by atoms with Gasteiger partial charge in [-0.1, -0.05) is 18.2 Å². The van der Waals surface area contributed by atoms with Crippen LogP contribution >= 0.6 is 0 Å². The summed E-state index contributed by atoms with van der Waals surface area (Å²) in [5, 5.41) is 14.4. The van der Waals surface area contributed by atoms with Crippen LogP contribution in [0.25, 0.3) is 0 Å². The van der Waals surface area contributed by atoms with Crippen molar-refractivity contribution in [3.63, 3.8) is 0 Å². The Bertz CT molecular complexity index is 1050. The fraction of sp³-hybridized carbons (Fsp3) is 0.273. The summed E-state index contributed by atoms with van der Waals surface area (Å²) in [7, 11) is 1.58. The van der Waals surface area contributed by atoms with Gasteiger partial charge in [-0.05, 0) is 36.4 Å². The molecule has 6 nitrogen and oxygen atoms in total. The van der Waals surface area contributed by atoms with Crippen LogP contribution in [0.3, 0.4) is 0 Å². The SMILES string of the molecule is Cn1nccc1C(=O)N(Cc1ccccc1F)CC(O)COc1ccc(C(F)(F)F)cc1. The molecule has 0 aliphatic rings. The van der Waals surface area contributed by atoms with Crippen molar-refractivity contribution in [3.8, 4) is 5.75 Å². The van der Waals surface area contributed by atoms with E-state index in [4.69, 9.17) is 4.74 Å². The van der Waals surface area contributed by atoms with E-state index < -0.39 is 29.6 Å². The first-order valence-corrected chi connectivity index (χ1v) is 9.64. The topological polar surface area (TPSA) is 67.6 Å². The van der Waals surface area contributed by atoms with Gasteiger partial charge in [0.25, 0.3) is 5.91 Å². The van der Waals surface area contributed by atoms with Crippen LogP contribution in [0.5, 0.6) is 5.75 Å². The van der Waals surface area contributed by atoms with Crippen LogP contribution in [0.15, 0.2) is 60.8 Å². The lowest BCUT2D eigenvalue weighted by Gasteiger charge is -2.26. The predicted molar refractivity (Wildman–Crippen MR) is 107 cm³/mol. The number of aryl methyl sites for hydroxylation is 1. The molecule has 0 saturated heterocycles. The van der Waals surface area contributed by atoms with Gasteiger partial charge >= 0.3 is 6.18 Å². The molecule has 3 aromatic rings. The number of aliphatic hydroxyl groups is 1. The first-order chi connectivity index (χ1) is 15.1. The molecule has 0 fully saturated rings. The molecule has 2 aromatic carbocycles. The van der Waals surface area contributed by atoms with E-state index in [1.807, 2.05) is 0 Å². The smallest absolute Gasteiger partial charge is 0.416 e. The Balaban J connectivity index is 1.69. The number of hydrogen-bond donors (Lipinski definition) is 1. The highest BCUT2D eigenvalue weighted by Crippen LogP contribution is 2.30. The maximum atomic E-state index is 14.1. The molecule has 170 valence electrons. The third-order valence-corrected chi connectivity index (χ3v) is 4.70. The number of aliphatic hydroxyl groups excluding tert-OH is 1. The van der Waals surface area contributed by atoms with Gasteiger partial charge in [0, 0.05) is 25.4 Å². The number of carbonyl (C=O) groups is 1. The Morgan fingerprint density at radius 1 is 1.16 bits per heavy atom. The minimum absolute atomic E-state index is 0.103. The molecule has 0 spiro atoms. The van der Waals surface area contributed by atoms with Crippen LogP contribution in [0.1, 0.15) is 21.6 Å². The van der Waals surface area contributed by atoms with Gasteiger partial charge in [0.1, 0.15) is 30.0 Å². The lowest BCUT2D eigenvalue weighted by Crippen LogP contribution is -2.40. The molecule has 0 saturated carbocycles. The Kier molecular flexibility index (Phi) is 7.14. The number of carbonyl (C=O) groups excluding carboxylic acids is 1. The maximum absolute atomic E-state index is 14.1. The lowest BCUT2D eigenvalue weighted by atomic mass is 10.1. The van der Waals surface area contributed by atoms with Gasteiger partial charge in [0.15, 0.2) is 0 Å². The molecule has 1 amide bonds. The molecule has 0 radical (unpaired) electrons. The van der Waals surface area contributed by atoms with Gasteiger partial charge in [0.05, 0.1) is 12.1 Å². The summed E-state index contributed by atoms with van der Waals surface area (Å²) in [6.07, 6.45) is -4.20. The molecule has 32 heavy (non-hydrogen) atoms. The zero-order valence-electron chi connectivity index (χ0n) is 17.1. The minimum atomic E-state index is -4.46. The molecule has 10 heteroatoms. The lowest BCUT2D eigenvalue weighted by molar-refractivity contribution is -0.137. The number of amides is 1. The first-order valence-electron chi connectivity index (χ1n) is 9.64. The summed E-state index contributed by atoms with van der Waals surface area (Å²) in [5.74, 6) is -0.830. The first kappa shape index (κ1) is 23.3. The fourth-order valence-electron chi connectivity index (χ4n) is 3.04. The average Bonchev–Trinajstić information content (AvgIpc) is 3.18. The van der Waals surface area contributed by atoms with Crippen molar-refractivity contribution >= 4 is 5.91 Å². The molecule has 1 heterocycles. The van der Waals surface area contributed by atoms with Gasteiger partial charge in [-0.3, -0.25) is 9.48 Å². The van der Waals surface area contributed by atoms with Crippen molar-refractivity contribution in [1.82, 2.24) is 14.7 Å². The van der Waals surface area contributed by atoms with Crippen LogP contribution in [-0.2, 0) is 19.8 Å². The summed E-state index contributed by atoms with van der Waals surface area (Å²) in [6.45, 7) is -0.579. The molecule has 1 unspecified atom stereocenters. The second kappa shape index (κ2) is 9.82. The van der Waals surface area contributed by atoms with Crippen LogP contribution in [-0.4, -0.2) is 44.9 Å². The van der Waals surface area contributed by atoms with Crippen LogP contribution < -0.4 is 4.74 Å². The number of alkyl halides is 3. The third kappa shape index (κ3) is 5.85. The van der Waals surface area contributed by atoms with E-state index in [0.717, 1.165) is 24.3 Å². The fourth-order valence-corrected chi connectivity index (χ4v) is 3.04. The van der Waals surface area contributed by atoms with E-state index in [-0.39, 0.29) is 36.7 Å². The number of hydrogen-bond acceptors (Lipinski definition) is 4. The molecule has 0 bridgehead atoms. The number of benzene rings is 2. The normalized spacial score (nSPS) is 12.4. The second-order valence-corrected chi connectivity index (χ2v) is 7.10. The molecule has 0 aliphatic carbocycles. The second-order valence-electron chi connectivity index (χ2n) is 7.10. The highest BCUT2D eigenvalue weighted by atomic mass is 19.4. The number of ether oxygens (including phenoxy) is 1. The Morgan fingerprint density at radius 2 is 1.84 bits per heavy atom. The number of rotatable bonds is 8. The number of halogens is 4. The summed E-state index contributed by atoms with van der Waals surface area (Å²) in [6, 6.07) is 11.5. The zero-order valence-corrected chi connectivity index (χ0v) is 17.1.